The number of aromatic nitrogens is 2. The van der Waals surface area contributed by atoms with E-state index in [2.05, 4.69) is 20.6 Å². The van der Waals surface area contributed by atoms with E-state index < -0.39 is 11.4 Å². The molecule has 0 bridgehead atoms. The molecular formula is C31H37FN6O4. The lowest BCUT2D eigenvalue weighted by Crippen LogP contribution is -2.48. The zero-order valence-corrected chi connectivity index (χ0v) is 24.4. The number of nitrogens with zero attached hydrogens (tertiary/aromatic N) is 3. The Morgan fingerprint density at radius 3 is 2.93 bits per heavy atom. The van der Waals surface area contributed by atoms with Crippen LogP contribution in [0.4, 0.5) is 15.8 Å². The van der Waals surface area contributed by atoms with E-state index in [9.17, 15) is 14.0 Å². The molecule has 3 aromatic rings. The maximum atomic E-state index is 14.5. The van der Waals surface area contributed by atoms with Crippen molar-refractivity contribution in [3.63, 3.8) is 0 Å². The van der Waals surface area contributed by atoms with Crippen LogP contribution in [0.5, 0.6) is 11.5 Å². The Morgan fingerprint density at radius 2 is 2.14 bits per heavy atom. The van der Waals surface area contributed by atoms with E-state index in [1.807, 2.05) is 43.0 Å². The van der Waals surface area contributed by atoms with E-state index in [4.69, 9.17) is 9.47 Å². The highest BCUT2D eigenvalue weighted by molar-refractivity contribution is 6.06. The molecule has 3 N–H and O–H groups in total. The molecule has 1 fully saturated rings. The van der Waals surface area contributed by atoms with Crippen molar-refractivity contribution in [2.75, 3.05) is 52.8 Å². The number of ether oxygens (including phenoxy) is 2. The second kappa shape index (κ2) is 12.2. The van der Waals surface area contributed by atoms with Crippen LogP contribution in [-0.2, 0) is 11.2 Å². The lowest BCUT2D eigenvalue weighted by molar-refractivity contribution is -0.130. The molecule has 2 amide bonds. The number of anilines is 2. The first-order valence-corrected chi connectivity index (χ1v) is 14.0. The standard InChI is InChI=1S/C31H37FN6O4/c1-31(13-7-17-38(31)25(39)10-6-16-37(2)3)19-42-24-18-33-14-11-20(24)27-28(26-22(35-27)12-15-34-30(26)40)36-23-9-5-8-21(32)29(23)41-4/h5-6,8-11,14,18,35-36H,7,12-13,15-17,19H2,1-4H3,(H,34,40)/b10-6+/t31-/m1/s1. The third-order valence-corrected chi connectivity index (χ3v) is 7.73. The summed E-state index contributed by atoms with van der Waals surface area (Å²) in [5, 5.41) is 6.15. The van der Waals surface area contributed by atoms with Crippen LogP contribution >= 0.6 is 0 Å². The number of carbonyl (C=O) groups excluding carboxylic acids is 2. The molecule has 1 aromatic carbocycles. The van der Waals surface area contributed by atoms with Gasteiger partial charge in [-0.05, 0) is 52.1 Å². The highest BCUT2D eigenvalue weighted by Crippen LogP contribution is 2.42. The van der Waals surface area contributed by atoms with Gasteiger partial charge in [0.05, 0.1) is 41.5 Å². The number of H-pyrrole nitrogens is 1. The van der Waals surface area contributed by atoms with Crippen LogP contribution in [-0.4, -0.2) is 84.6 Å². The number of hydrogen-bond acceptors (Lipinski definition) is 7. The van der Waals surface area contributed by atoms with Gasteiger partial charge in [0.25, 0.3) is 5.91 Å². The average Bonchev–Trinajstić information content (AvgIpc) is 3.53. The van der Waals surface area contributed by atoms with E-state index in [0.717, 1.165) is 18.5 Å². The van der Waals surface area contributed by atoms with E-state index >= 15 is 0 Å². The van der Waals surface area contributed by atoms with Gasteiger partial charge in [-0.25, -0.2) is 4.39 Å². The first-order chi connectivity index (χ1) is 20.2. The van der Waals surface area contributed by atoms with E-state index in [-0.39, 0.29) is 24.2 Å². The highest BCUT2D eigenvalue weighted by atomic mass is 19.1. The van der Waals surface area contributed by atoms with Gasteiger partial charge in [-0.1, -0.05) is 12.1 Å². The monoisotopic (exact) mass is 576 g/mol. The Hall–Kier alpha value is -4.38. The van der Waals surface area contributed by atoms with Gasteiger partial charge >= 0.3 is 0 Å². The molecule has 5 rings (SSSR count). The van der Waals surface area contributed by atoms with Crippen molar-refractivity contribution in [1.29, 1.82) is 0 Å². The molecule has 0 aliphatic carbocycles. The van der Waals surface area contributed by atoms with Gasteiger partial charge in [0.15, 0.2) is 11.6 Å². The Kier molecular flexibility index (Phi) is 8.49. The zero-order chi connectivity index (χ0) is 29.9. The minimum atomic E-state index is -0.522. The van der Waals surface area contributed by atoms with Gasteiger partial charge in [0.2, 0.25) is 5.91 Å². The molecule has 1 saturated heterocycles. The maximum absolute atomic E-state index is 14.5. The van der Waals surface area contributed by atoms with Gasteiger partial charge in [-0.3, -0.25) is 14.6 Å². The lowest BCUT2D eigenvalue weighted by Gasteiger charge is -2.34. The largest absolute Gasteiger partial charge is 0.492 e. The molecule has 0 radical (unpaired) electrons. The molecular weight excluding hydrogens is 539 g/mol. The summed E-state index contributed by atoms with van der Waals surface area (Å²) in [6.07, 6.45) is 9.07. The van der Waals surface area contributed by atoms with Gasteiger partial charge in [-0.15, -0.1) is 0 Å². The first kappa shape index (κ1) is 29.1. The molecule has 2 aliphatic heterocycles. The maximum Gasteiger partial charge on any atom is 0.255 e. The highest BCUT2D eigenvalue weighted by Gasteiger charge is 2.40. The van der Waals surface area contributed by atoms with Crippen LogP contribution in [0.2, 0.25) is 0 Å². The number of hydrogen-bond donors (Lipinski definition) is 3. The number of carbonyl (C=O) groups is 2. The number of rotatable bonds is 10. The Morgan fingerprint density at radius 1 is 1.31 bits per heavy atom. The van der Waals surface area contributed by atoms with Gasteiger partial charge in [-0.2, -0.15) is 0 Å². The van der Waals surface area contributed by atoms with Crippen molar-refractivity contribution in [3.05, 3.63) is 65.9 Å². The SMILES string of the molecule is COc1c(F)cccc1Nc1c(-c2ccncc2OC[C@@]2(C)CCCN2C(=O)/C=C/CN(C)C)[nH]c2c1C(=O)NCC2. The van der Waals surface area contributed by atoms with Gasteiger partial charge in [0, 0.05) is 49.6 Å². The van der Waals surface area contributed by atoms with Gasteiger partial charge in [0.1, 0.15) is 12.4 Å². The average molecular weight is 577 g/mol. The quantitative estimate of drug-likeness (QED) is 0.311. The lowest BCUT2D eigenvalue weighted by atomic mass is 10.00. The smallest absolute Gasteiger partial charge is 0.255 e. The number of methoxy groups -OCH3 is 1. The molecule has 0 unspecified atom stereocenters. The number of likely N-dealkylation sites (tertiary alicyclic amines) is 1. The third-order valence-electron chi connectivity index (χ3n) is 7.73. The van der Waals surface area contributed by atoms with Crippen molar-refractivity contribution >= 4 is 23.2 Å². The van der Waals surface area contributed by atoms with Crippen molar-refractivity contribution < 1.29 is 23.5 Å². The number of fused-ring (bicyclic) bond motifs is 1. The van der Waals surface area contributed by atoms with Crippen LogP contribution < -0.4 is 20.1 Å². The van der Waals surface area contributed by atoms with E-state index in [1.54, 1.807) is 30.6 Å². The molecule has 0 saturated carbocycles. The van der Waals surface area contributed by atoms with Gasteiger partial charge < -0.3 is 34.9 Å². The molecule has 10 nitrogen and oxygen atoms in total. The summed E-state index contributed by atoms with van der Waals surface area (Å²) < 4.78 is 26.3. The molecule has 222 valence electrons. The molecule has 11 heteroatoms. The Balaban J connectivity index is 1.47. The number of pyridine rings is 1. The third kappa shape index (κ3) is 5.82. The summed E-state index contributed by atoms with van der Waals surface area (Å²) in [7, 11) is 5.31. The fourth-order valence-corrected chi connectivity index (χ4v) is 5.59. The predicted molar refractivity (Wildman–Crippen MR) is 159 cm³/mol. The number of likely N-dealkylation sites (N-methyl/N-ethyl adjacent to an activating group) is 1. The van der Waals surface area contributed by atoms with Crippen LogP contribution in [0, 0.1) is 5.82 Å². The molecule has 2 aliphatic rings. The molecule has 2 aromatic heterocycles. The number of benzene rings is 1. The molecule has 0 spiro atoms. The minimum Gasteiger partial charge on any atom is -0.492 e. The van der Waals surface area contributed by atoms with E-state index in [1.165, 1.54) is 13.2 Å². The number of nitrogens with one attached hydrogen (secondary N) is 3. The van der Waals surface area contributed by atoms with E-state index in [0.29, 0.717) is 60.0 Å². The van der Waals surface area contributed by atoms with Crippen molar-refractivity contribution in [3.8, 4) is 22.8 Å². The van der Waals surface area contributed by atoms with Crippen LogP contribution in [0.3, 0.4) is 0 Å². The normalized spacial score (nSPS) is 18.3. The number of aromatic amines is 1. The fraction of sp³-hybridized carbons (Fsp3) is 0.387. The number of amides is 2. The summed E-state index contributed by atoms with van der Waals surface area (Å²) in [6, 6.07) is 6.39. The second-order valence-electron chi connectivity index (χ2n) is 11.1. The topological polar surface area (TPSA) is 112 Å². The van der Waals surface area contributed by atoms with Crippen molar-refractivity contribution in [1.82, 2.24) is 25.1 Å². The summed E-state index contributed by atoms with van der Waals surface area (Å²) in [4.78, 5) is 37.7. The summed E-state index contributed by atoms with van der Waals surface area (Å²) in [5.41, 5.74) is 2.86. The van der Waals surface area contributed by atoms with Crippen molar-refractivity contribution in [2.24, 2.45) is 0 Å². The summed E-state index contributed by atoms with van der Waals surface area (Å²) in [5.74, 6) is -0.256. The molecule has 1 atom stereocenters. The Labute approximate surface area is 244 Å². The predicted octanol–water partition coefficient (Wildman–Crippen LogP) is 4.13. The Bertz CT molecular complexity index is 1500. The number of para-hydroxylation sites is 1. The summed E-state index contributed by atoms with van der Waals surface area (Å²) >= 11 is 0. The van der Waals surface area contributed by atoms with Crippen LogP contribution in [0.25, 0.3) is 11.3 Å². The van der Waals surface area contributed by atoms with Crippen molar-refractivity contribution in [2.45, 2.75) is 31.7 Å². The minimum absolute atomic E-state index is 0.0366. The second-order valence-corrected chi connectivity index (χ2v) is 11.1. The molecule has 42 heavy (non-hydrogen) atoms. The number of halogens is 1. The van der Waals surface area contributed by atoms with Crippen LogP contribution in [0.15, 0.2) is 48.8 Å². The summed E-state index contributed by atoms with van der Waals surface area (Å²) in [6.45, 7) is 4.14. The zero-order valence-electron chi connectivity index (χ0n) is 24.4. The fourth-order valence-electron chi connectivity index (χ4n) is 5.59. The first-order valence-electron chi connectivity index (χ1n) is 14.0. The molecule has 4 heterocycles. The van der Waals surface area contributed by atoms with Crippen LogP contribution in [0.1, 0.15) is 35.8 Å².